The molecule has 0 unspecified atom stereocenters. The molecule has 0 amide bonds. The summed E-state index contributed by atoms with van der Waals surface area (Å²) in [6, 6.07) is 8.50. The van der Waals surface area contributed by atoms with Gasteiger partial charge in [-0.1, -0.05) is 25.1 Å². The van der Waals surface area contributed by atoms with Gasteiger partial charge in [-0.15, -0.1) is 0 Å². The molecule has 2 aromatic heterocycles. The van der Waals surface area contributed by atoms with Crippen LogP contribution in [0.2, 0.25) is 0 Å². The lowest BCUT2D eigenvalue weighted by Crippen LogP contribution is -2.49. The molecule has 166 valence electrons. The van der Waals surface area contributed by atoms with Gasteiger partial charge in [0.2, 0.25) is 10.0 Å². The smallest absolute Gasteiger partial charge is 0.216 e. The van der Waals surface area contributed by atoms with E-state index >= 15 is 0 Å². The van der Waals surface area contributed by atoms with Crippen LogP contribution in [-0.4, -0.2) is 59.8 Å². The number of sulfonamides is 1. The first kappa shape index (κ1) is 21.7. The van der Waals surface area contributed by atoms with Gasteiger partial charge in [0.05, 0.1) is 30.4 Å². The Kier molecular flexibility index (Phi) is 6.27. The summed E-state index contributed by atoms with van der Waals surface area (Å²) in [4.78, 5) is 8.76. The first-order chi connectivity index (χ1) is 14.9. The van der Waals surface area contributed by atoms with Gasteiger partial charge in [-0.3, -0.25) is 0 Å². The third kappa shape index (κ3) is 4.58. The second-order valence-electron chi connectivity index (χ2n) is 7.97. The highest BCUT2D eigenvalue weighted by molar-refractivity contribution is 7.89. The molecule has 0 radical (unpaired) electrons. The van der Waals surface area contributed by atoms with E-state index in [0.29, 0.717) is 19.6 Å². The van der Waals surface area contributed by atoms with Gasteiger partial charge in [0.1, 0.15) is 11.3 Å². The van der Waals surface area contributed by atoms with Crippen molar-refractivity contribution in [2.45, 2.75) is 25.8 Å². The van der Waals surface area contributed by atoms with E-state index in [4.69, 9.17) is 4.74 Å². The number of methoxy groups -OCH3 is 1. The number of hydrogen-bond donors (Lipinski definition) is 1. The van der Waals surface area contributed by atoms with Crippen LogP contribution >= 0.6 is 0 Å². The molecule has 1 N–H and O–H groups in total. The molecule has 0 aliphatic carbocycles. The Morgan fingerprint density at radius 3 is 2.74 bits per heavy atom. The van der Waals surface area contributed by atoms with Crippen molar-refractivity contribution in [3.63, 3.8) is 0 Å². The Balaban J connectivity index is 1.41. The number of hydrogen-bond acceptors (Lipinski definition) is 6. The van der Waals surface area contributed by atoms with Crippen LogP contribution in [-0.2, 0) is 34.8 Å². The van der Waals surface area contributed by atoms with Crippen LogP contribution in [0.5, 0.6) is 0 Å². The van der Waals surface area contributed by atoms with Gasteiger partial charge in [0, 0.05) is 45.8 Å². The van der Waals surface area contributed by atoms with Crippen molar-refractivity contribution in [2.75, 3.05) is 37.9 Å². The fourth-order valence-corrected chi connectivity index (χ4v) is 5.36. The topological polar surface area (TPSA) is 89.3 Å². The second kappa shape index (κ2) is 8.94. The molecule has 3 heterocycles. The van der Waals surface area contributed by atoms with E-state index in [9.17, 15) is 8.42 Å². The Morgan fingerprint density at radius 1 is 1.19 bits per heavy atom. The molecular weight excluding hydrogens is 414 g/mol. The number of pyridine rings is 1. The molecule has 0 atom stereocenters. The summed E-state index contributed by atoms with van der Waals surface area (Å²) in [7, 11) is 0.269. The summed E-state index contributed by atoms with van der Waals surface area (Å²) in [5.41, 5.74) is 5.62. The molecule has 1 fully saturated rings. The fourth-order valence-electron chi connectivity index (χ4n) is 3.91. The van der Waals surface area contributed by atoms with Crippen LogP contribution in [0, 0.1) is 0 Å². The Labute approximate surface area is 183 Å². The first-order valence-electron chi connectivity index (χ1n) is 10.5. The molecule has 9 heteroatoms. The molecule has 3 aromatic rings. The quantitative estimate of drug-likeness (QED) is 0.547. The largest absolute Gasteiger partial charge is 0.384 e. The second-order valence-corrected chi connectivity index (χ2v) is 10.1. The predicted octanol–water partition coefficient (Wildman–Crippen LogP) is 2.52. The van der Waals surface area contributed by atoms with Gasteiger partial charge in [0.25, 0.3) is 0 Å². The zero-order valence-electron chi connectivity index (χ0n) is 18.2. The van der Waals surface area contributed by atoms with Crippen molar-refractivity contribution in [3.8, 4) is 0 Å². The van der Waals surface area contributed by atoms with Gasteiger partial charge in [0.15, 0.2) is 0 Å². The van der Waals surface area contributed by atoms with Crippen LogP contribution in [0.1, 0.15) is 29.5 Å². The lowest BCUT2D eigenvalue weighted by molar-refractivity contribution is 0.211. The highest BCUT2D eigenvalue weighted by Crippen LogP contribution is 2.31. The zero-order chi connectivity index (χ0) is 22.0. The lowest BCUT2D eigenvalue weighted by atomic mass is 9.90. The molecular formula is C22H29N5O3S. The lowest BCUT2D eigenvalue weighted by Gasteiger charge is -2.38. The van der Waals surface area contributed by atoms with E-state index in [-0.39, 0.29) is 18.3 Å². The van der Waals surface area contributed by atoms with Gasteiger partial charge in [-0.25, -0.2) is 22.7 Å². The third-order valence-corrected chi connectivity index (χ3v) is 7.71. The molecule has 4 rings (SSSR count). The maximum absolute atomic E-state index is 12.3. The van der Waals surface area contributed by atoms with Crippen molar-refractivity contribution >= 4 is 26.9 Å². The molecule has 1 aliphatic rings. The summed E-state index contributed by atoms with van der Waals surface area (Å²) in [6.45, 7) is 4.14. The normalized spacial score (nSPS) is 15.3. The number of ether oxygens (including phenoxy) is 1. The van der Waals surface area contributed by atoms with Crippen LogP contribution in [0.15, 0.2) is 36.8 Å². The molecule has 1 aliphatic heterocycles. The Morgan fingerprint density at radius 2 is 2.00 bits per heavy atom. The number of imidazole rings is 1. The Hall–Kier alpha value is -2.49. The van der Waals surface area contributed by atoms with Gasteiger partial charge < -0.3 is 14.6 Å². The SMILES string of the molecule is CCc1cc(C2CN(S(=O)(=O)CCOC)C2)ccc1CNc1cc2c(cn1)ncn2C. The van der Waals surface area contributed by atoms with Crippen molar-refractivity contribution in [1.82, 2.24) is 18.8 Å². The highest BCUT2D eigenvalue weighted by atomic mass is 32.2. The summed E-state index contributed by atoms with van der Waals surface area (Å²) >= 11 is 0. The number of rotatable bonds is 9. The number of aromatic nitrogens is 3. The monoisotopic (exact) mass is 443 g/mol. The molecule has 1 aromatic carbocycles. The molecule has 31 heavy (non-hydrogen) atoms. The van der Waals surface area contributed by atoms with Crippen molar-refractivity contribution in [3.05, 3.63) is 53.5 Å². The summed E-state index contributed by atoms with van der Waals surface area (Å²) in [5.74, 6) is 1.11. The standard InChI is InChI=1S/C22H29N5O3S/c1-4-16-9-17(19-13-27(14-19)31(28,29)8-7-30-3)5-6-18(16)11-23-22-10-21-20(12-24-22)25-15-26(21)2/h5-6,9-10,12,15,19H,4,7-8,11,13-14H2,1-3H3,(H,23,24). The van der Waals surface area contributed by atoms with E-state index < -0.39 is 10.0 Å². The number of fused-ring (bicyclic) bond motifs is 1. The molecule has 8 nitrogen and oxygen atoms in total. The van der Waals surface area contributed by atoms with Crippen LogP contribution < -0.4 is 5.32 Å². The van der Waals surface area contributed by atoms with Gasteiger partial charge >= 0.3 is 0 Å². The van der Waals surface area contributed by atoms with E-state index in [1.54, 1.807) is 16.8 Å². The van der Waals surface area contributed by atoms with Crippen LogP contribution in [0.25, 0.3) is 11.0 Å². The third-order valence-electron chi connectivity index (χ3n) is 5.94. The maximum Gasteiger partial charge on any atom is 0.216 e. The minimum atomic E-state index is -3.22. The number of anilines is 1. The highest BCUT2D eigenvalue weighted by Gasteiger charge is 2.36. The van der Waals surface area contributed by atoms with Gasteiger partial charge in [-0.2, -0.15) is 0 Å². The molecule has 0 bridgehead atoms. The zero-order valence-corrected chi connectivity index (χ0v) is 19.0. The van der Waals surface area contributed by atoms with Gasteiger partial charge in [-0.05, 0) is 23.1 Å². The average Bonchev–Trinajstić information content (AvgIpc) is 3.10. The number of nitrogens with one attached hydrogen (secondary N) is 1. The van der Waals surface area contributed by atoms with Crippen molar-refractivity contribution in [2.24, 2.45) is 7.05 Å². The van der Waals surface area contributed by atoms with Crippen molar-refractivity contribution in [1.29, 1.82) is 0 Å². The number of aryl methyl sites for hydroxylation is 2. The summed E-state index contributed by atoms with van der Waals surface area (Å²) in [5, 5.41) is 3.42. The predicted molar refractivity (Wildman–Crippen MR) is 122 cm³/mol. The minimum absolute atomic E-state index is 0.0414. The Bertz CT molecular complexity index is 1170. The summed E-state index contributed by atoms with van der Waals surface area (Å²) < 4.78 is 33.0. The van der Waals surface area contributed by atoms with E-state index in [1.807, 2.05) is 17.7 Å². The van der Waals surface area contributed by atoms with E-state index in [1.165, 1.54) is 23.8 Å². The first-order valence-corrected chi connectivity index (χ1v) is 12.1. The molecule has 0 spiro atoms. The van der Waals surface area contributed by atoms with E-state index in [2.05, 4.69) is 40.4 Å². The number of nitrogens with zero attached hydrogens (tertiary/aromatic N) is 4. The fraction of sp³-hybridized carbons (Fsp3) is 0.455. The van der Waals surface area contributed by atoms with Crippen molar-refractivity contribution < 1.29 is 13.2 Å². The summed E-state index contributed by atoms with van der Waals surface area (Å²) in [6.07, 6.45) is 4.49. The van der Waals surface area contributed by atoms with Crippen LogP contribution in [0.3, 0.4) is 0 Å². The molecule has 1 saturated heterocycles. The molecule has 0 saturated carbocycles. The minimum Gasteiger partial charge on any atom is -0.384 e. The maximum atomic E-state index is 12.3. The number of benzene rings is 1. The van der Waals surface area contributed by atoms with E-state index in [0.717, 1.165) is 23.3 Å². The average molecular weight is 444 g/mol. The van der Waals surface area contributed by atoms with Crippen LogP contribution in [0.4, 0.5) is 5.82 Å².